The number of carboxylic acid groups (broad SMARTS) is 1. The lowest BCUT2D eigenvalue weighted by atomic mass is 10.1. The molecule has 1 fully saturated rings. The summed E-state index contributed by atoms with van der Waals surface area (Å²) in [6.45, 7) is 0.250. The molecule has 1 aliphatic rings. The largest absolute Gasteiger partial charge is 0.487 e. The van der Waals surface area contributed by atoms with Crippen LogP contribution in [0.2, 0.25) is 0 Å². The predicted octanol–water partition coefficient (Wildman–Crippen LogP) is 5.45. The van der Waals surface area contributed by atoms with Crippen LogP contribution in [0, 0.1) is 11.3 Å². The van der Waals surface area contributed by atoms with E-state index in [2.05, 4.69) is 37.2 Å². The van der Waals surface area contributed by atoms with E-state index in [1.54, 1.807) is 30.3 Å². The van der Waals surface area contributed by atoms with Gasteiger partial charge in [-0.15, -0.1) is 0 Å². The van der Waals surface area contributed by atoms with Gasteiger partial charge in [-0.2, -0.15) is 5.26 Å². The lowest BCUT2D eigenvalue weighted by molar-refractivity contribution is -0.117. The molecule has 1 amide bonds. The fraction of sp³-hybridized carbons (Fsp3) is 0.261. The number of hydrogen-bond donors (Lipinski definition) is 2. The van der Waals surface area contributed by atoms with Crippen molar-refractivity contribution < 1.29 is 19.4 Å². The van der Waals surface area contributed by atoms with E-state index in [0.717, 1.165) is 31.2 Å². The van der Waals surface area contributed by atoms with Crippen LogP contribution in [-0.2, 0) is 11.4 Å². The average Bonchev–Trinajstić information content (AvgIpc) is 3.24. The Morgan fingerprint density at radius 1 is 1.16 bits per heavy atom. The number of carbonyl (C=O) groups excluding carboxylic acids is 1. The second-order valence-electron chi connectivity index (χ2n) is 7.23. The second kappa shape index (κ2) is 10.6. The number of amides is 1. The van der Waals surface area contributed by atoms with E-state index in [1.165, 1.54) is 12.1 Å². The molecule has 1 aliphatic carbocycles. The van der Waals surface area contributed by atoms with Crippen molar-refractivity contribution in [1.29, 1.82) is 5.26 Å². The summed E-state index contributed by atoms with van der Waals surface area (Å²) in [6, 6.07) is 12.1. The van der Waals surface area contributed by atoms with Crippen LogP contribution < -0.4 is 10.1 Å². The first kappa shape index (κ1) is 23.0. The normalized spacial score (nSPS) is 14.2. The molecule has 3 rings (SSSR count). The molecule has 2 aromatic rings. The highest BCUT2D eigenvalue weighted by Gasteiger charge is 2.19. The number of hydrogen-bond acceptors (Lipinski definition) is 4. The number of carbonyl (C=O) groups is 2. The number of ether oxygens (including phenoxy) is 1. The Hall–Kier alpha value is -2.63. The Morgan fingerprint density at radius 2 is 1.77 bits per heavy atom. The van der Waals surface area contributed by atoms with Crippen LogP contribution in [0.3, 0.4) is 0 Å². The van der Waals surface area contributed by atoms with Crippen LogP contribution in [0.15, 0.2) is 50.9 Å². The third kappa shape index (κ3) is 6.18. The number of nitriles is 1. The minimum Gasteiger partial charge on any atom is -0.487 e. The quantitative estimate of drug-likeness (QED) is 0.354. The number of benzene rings is 2. The van der Waals surface area contributed by atoms with Crippen LogP contribution >= 0.6 is 31.9 Å². The third-order valence-electron chi connectivity index (χ3n) is 4.97. The fourth-order valence-electron chi connectivity index (χ4n) is 3.35. The Balaban J connectivity index is 1.71. The van der Waals surface area contributed by atoms with Gasteiger partial charge in [0.05, 0.1) is 14.5 Å². The standard InChI is InChI=1S/C23H20Br2N2O4/c24-19-10-15(9-17(12-26)22(28)27-18-3-1-2-4-18)11-20(25)21(19)31-13-14-5-7-16(8-6-14)23(29)30/h5-11,18H,1-4,13H2,(H,27,28)(H,29,30)/b17-9-. The molecule has 31 heavy (non-hydrogen) atoms. The van der Waals surface area contributed by atoms with Crippen LogP contribution in [-0.4, -0.2) is 23.0 Å². The molecular formula is C23H20Br2N2O4. The Labute approximate surface area is 197 Å². The molecule has 1 saturated carbocycles. The smallest absolute Gasteiger partial charge is 0.335 e. The summed E-state index contributed by atoms with van der Waals surface area (Å²) >= 11 is 6.95. The van der Waals surface area contributed by atoms with E-state index in [-0.39, 0.29) is 29.7 Å². The number of rotatable bonds is 7. The molecule has 0 aliphatic heterocycles. The van der Waals surface area contributed by atoms with Gasteiger partial charge in [-0.3, -0.25) is 4.79 Å². The minimum atomic E-state index is -0.977. The van der Waals surface area contributed by atoms with E-state index < -0.39 is 5.97 Å². The van der Waals surface area contributed by atoms with Gasteiger partial charge in [0.15, 0.2) is 0 Å². The van der Waals surface area contributed by atoms with Crippen molar-refractivity contribution in [3.63, 3.8) is 0 Å². The second-order valence-corrected chi connectivity index (χ2v) is 8.94. The minimum absolute atomic E-state index is 0.0536. The Morgan fingerprint density at radius 3 is 2.32 bits per heavy atom. The monoisotopic (exact) mass is 546 g/mol. The summed E-state index contributed by atoms with van der Waals surface area (Å²) in [5, 5.41) is 21.3. The molecule has 0 unspecified atom stereocenters. The first-order chi connectivity index (χ1) is 14.9. The van der Waals surface area contributed by atoms with E-state index in [1.807, 2.05) is 6.07 Å². The number of halogens is 2. The lowest BCUT2D eigenvalue weighted by Gasteiger charge is -2.13. The van der Waals surface area contributed by atoms with E-state index in [4.69, 9.17) is 9.84 Å². The van der Waals surface area contributed by atoms with Gasteiger partial charge >= 0.3 is 5.97 Å². The van der Waals surface area contributed by atoms with Crippen molar-refractivity contribution in [3.05, 3.63) is 67.6 Å². The highest BCUT2D eigenvalue weighted by molar-refractivity contribution is 9.11. The molecule has 2 N–H and O–H groups in total. The third-order valence-corrected chi connectivity index (χ3v) is 6.15. The topological polar surface area (TPSA) is 99.4 Å². The highest BCUT2D eigenvalue weighted by atomic mass is 79.9. The molecule has 8 heteroatoms. The van der Waals surface area contributed by atoms with Crippen molar-refractivity contribution in [2.45, 2.75) is 38.3 Å². The zero-order chi connectivity index (χ0) is 22.4. The summed E-state index contributed by atoms with van der Waals surface area (Å²) in [7, 11) is 0. The highest BCUT2D eigenvalue weighted by Crippen LogP contribution is 2.36. The molecule has 0 heterocycles. The maximum absolute atomic E-state index is 12.4. The number of nitrogens with one attached hydrogen (secondary N) is 1. The molecule has 0 spiro atoms. The molecule has 0 atom stereocenters. The Kier molecular flexibility index (Phi) is 7.88. The molecule has 2 aromatic carbocycles. The SMILES string of the molecule is N#C/C(=C/c1cc(Br)c(OCc2ccc(C(=O)O)cc2)c(Br)c1)C(=O)NC1CCCC1. The van der Waals surface area contributed by atoms with Gasteiger partial charge in [-0.25, -0.2) is 4.79 Å². The van der Waals surface area contributed by atoms with Crippen molar-refractivity contribution in [3.8, 4) is 11.8 Å². The molecule has 0 bridgehead atoms. The number of aromatic carboxylic acids is 1. The van der Waals surface area contributed by atoms with E-state index in [9.17, 15) is 14.9 Å². The maximum atomic E-state index is 12.4. The van der Waals surface area contributed by atoms with Crippen molar-refractivity contribution in [1.82, 2.24) is 5.32 Å². The zero-order valence-electron chi connectivity index (χ0n) is 16.5. The zero-order valence-corrected chi connectivity index (χ0v) is 19.7. The lowest BCUT2D eigenvalue weighted by Crippen LogP contribution is -2.33. The molecular weight excluding hydrogens is 528 g/mol. The molecule has 6 nitrogen and oxygen atoms in total. The summed E-state index contributed by atoms with van der Waals surface area (Å²) in [5.41, 5.74) is 1.77. The summed E-state index contributed by atoms with van der Waals surface area (Å²) < 4.78 is 7.18. The van der Waals surface area contributed by atoms with Crippen molar-refractivity contribution in [2.24, 2.45) is 0 Å². The maximum Gasteiger partial charge on any atom is 0.335 e. The van der Waals surface area contributed by atoms with Gasteiger partial charge in [0.2, 0.25) is 0 Å². The number of nitrogens with zero attached hydrogens (tertiary/aromatic N) is 1. The molecule has 160 valence electrons. The van der Waals surface area contributed by atoms with Crippen LogP contribution in [0.1, 0.15) is 47.2 Å². The summed E-state index contributed by atoms with van der Waals surface area (Å²) in [4.78, 5) is 23.4. The average molecular weight is 548 g/mol. The van der Waals surface area contributed by atoms with Crippen LogP contribution in [0.4, 0.5) is 0 Å². The van der Waals surface area contributed by atoms with Crippen LogP contribution in [0.5, 0.6) is 5.75 Å². The van der Waals surface area contributed by atoms with Gasteiger partial charge in [-0.1, -0.05) is 25.0 Å². The molecule has 0 saturated heterocycles. The van der Waals surface area contributed by atoms with Crippen molar-refractivity contribution >= 4 is 49.8 Å². The first-order valence-corrected chi connectivity index (χ1v) is 11.3. The van der Waals surface area contributed by atoms with Gasteiger partial charge in [0.25, 0.3) is 5.91 Å². The molecule has 0 radical (unpaired) electrons. The van der Waals surface area contributed by atoms with Gasteiger partial charge in [-0.05, 0) is 86.2 Å². The Bertz CT molecular complexity index is 1030. The van der Waals surface area contributed by atoms with Gasteiger partial charge in [0.1, 0.15) is 24.0 Å². The van der Waals surface area contributed by atoms with Crippen molar-refractivity contribution in [2.75, 3.05) is 0 Å². The first-order valence-electron chi connectivity index (χ1n) is 9.74. The predicted molar refractivity (Wildman–Crippen MR) is 124 cm³/mol. The molecule has 0 aromatic heterocycles. The van der Waals surface area contributed by atoms with Gasteiger partial charge in [0, 0.05) is 6.04 Å². The van der Waals surface area contributed by atoms with Gasteiger partial charge < -0.3 is 15.2 Å². The fourth-order valence-corrected chi connectivity index (χ4v) is 4.80. The van der Waals surface area contributed by atoms with E-state index >= 15 is 0 Å². The number of carboxylic acids is 1. The van der Waals surface area contributed by atoms with E-state index in [0.29, 0.717) is 20.3 Å². The summed E-state index contributed by atoms with van der Waals surface area (Å²) in [6.07, 6.45) is 5.65. The van der Waals surface area contributed by atoms with Crippen LogP contribution in [0.25, 0.3) is 6.08 Å². The summed E-state index contributed by atoms with van der Waals surface area (Å²) in [5.74, 6) is -0.768.